The highest BCUT2D eigenvalue weighted by molar-refractivity contribution is 7.17. The molecule has 2 aromatic carbocycles. The van der Waals surface area contributed by atoms with Gasteiger partial charge in [0.2, 0.25) is 0 Å². The van der Waals surface area contributed by atoms with E-state index in [1.807, 2.05) is 6.92 Å². The lowest BCUT2D eigenvalue weighted by Gasteiger charge is -2.24. The molecule has 0 saturated carbocycles. The van der Waals surface area contributed by atoms with E-state index in [-0.39, 0.29) is 33.0 Å². The molecule has 0 unspecified atom stereocenters. The molecule has 1 aromatic heterocycles. The molecule has 7 nitrogen and oxygen atoms in total. The van der Waals surface area contributed by atoms with E-state index in [0.717, 1.165) is 21.8 Å². The van der Waals surface area contributed by atoms with E-state index in [1.165, 1.54) is 6.07 Å². The Hall–Kier alpha value is -3.20. The number of anilines is 1. The largest absolute Gasteiger partial charge is 0.507 e. The van der Waals surface area contributed by atoms with Crippen LogP contribution >= 0.6 is 34.5 Å². The fourth-order valence-corrected chi connectivity index (χ4v) is 5.28. The second-order valence-corrected chi connectivity index (χ2v) is 9.65. The van der Waals surface area contributed by atoms with Gasteiger partial charge in [0, 0.05) is 15.6 Å². The fraction of sp³-hybridized carbons (Fsp3) is 0.200. The van der Waals surface area contributed by atoms with Gasteiger partial charge in [0.05, 0.1) is 23.9 Å². The summed E-state index contributed by atoms with van der Waals surface area (Å²) in [5.74, 6) is -2.73. The van der Waals surface area contributed by atoms with Crippen molar-refractivity contribution in [1.29, 1.82) is 0 Å². The Morgan fingerprint density at radius 3 is 2.46 bits per heavy atom. The van der Waals surface area contributed by atoms with Gasteiger partial charge in [0.1, 0.15) is 10.6 Å². The number of aryl methyl sites for hydroxylation is 2. The van der Waals surface area contributed by atoms with Crippen molar-refractivity contribution in [3.63, 3.8) is 0 Å². The number of esters is 1. The predicted molar refractivity (Wildman–Crippen MR) is 135 cm³/mol. The molecule has 1 amide bonds. The lowest BCUT2D eigenvalue weighted by atomic mass is 9.95. The van der Waals surface area contributed by atoms with Crippen LogP contribution in [-0.4, -0.2) is 34.4 Å². The number of halogens is 2. The van der Waals surface area contributed by atoms with Crippen molar-refractivity contribution in [2.45, 2.75) is 26.8 Å². The van der Waals surface area contributed by atoms with Crippen molar-refractivity contribution in [2.24, 2.45) is 0 Å². The van der Waals surface area contributed by atoms with Crippen LogP contribution in [0.5, 0.6) is 0 Å². The van der Waals surface area contributed by atoms with Crippen LogP contribution < -0.4 is 4.90 Å². The van der Waals surface area contributed by atoms with Crippen molar-refractivity contribution < 1.29 is 24.2 Å². The van der Waals surface area contributed by atoms with Gasteiger partial charge in [-0.2, -0.15) is 0 Å². The van der Waals surface area contributed by atoms with Gasteiger partial charge in [-0.1, -0.05) is 70.4 Å². The summed E-state index contributed by atoms with van der Waals surface area (Å²) >= 11 is 13.5. The number of amides is 1. The molecule has 1 aliphatic heterocycles. The number of rotatable bonds is 5. The predicted octanol–water partition coefficient (Wildman–Crippen LogP) is 5.87. The number of aliphatic hydroxyl groups is 1. The van der Waals surface area contributed by atoms with Crippen molar-refractivity contribution >= 4 is 63.1 Å². The zero-order valence-corrected chi connectivity index (χ0v) is 21.3. The van der Waals surface area contributed by atoms with E-state index in [9.17, 15) is 19.5 Å². The molecule has 0 spiro atoms. The van der Waals surface area contributed by atoms with Gasteiger partial charge in [0.25, 0.3) is 5.78 Å². The SMILES string of the molecule is CCOC(=O)c1sc(N2C(=O)C(=O)C(=C(O)c3ccc(C)cc3)[C@@H]2c2ccc(Cl)cc2Cl)nc1C. The zero-order chi connectivity index (χ0) is 25.4. The fourth-order valence-electron chi connectivity index (χ4n) is 3.79. The van der Waals surface area contributed by atoms with Gasteiger partial charge >= 0.3 is 11.9 Å². The topological polar surface area (TPSA) is 96.8 Å². The quantitative estimate of drug-likeness (QED) is 0.192. The maximum absolute atomic E-state index is 13.3. The summed E-state index contributed by atoms with van der Waals surface area (Å²) < 4.78 is 5.08. The Kier molecular flexibility index (Phi) is 6.98. The maximum atomic E-state index is 13.3. The number of carbonyl (C=O) groups excluding carboxylic acids is 3. The number of ether oxygens (including phenoxy) is 1. The Morgan fingerprint density at radius 2 is 1.83 bits per heavy atom. The Morgan fingerprint density at radius 1 is 1.14 bits per heavy atom. The number of nitrogens with zero attached hydrogens (tertiary/aromatic N) is 2. The Bertz CT molecular complexity index is 1380. The summed E-state index contributed by atoms with van der Waals surface area (Å²) in [4.78, 5) is 44.7. The molecule has 0 bridgehead atoms. The molecule has 1 atom stereocenters. The Labute approximate surface area is 215 Å². The van der Waals surface area contributed by atoms with E-state index >= 15 is 0 Å². The summed E-state index contributed by atoms with van der Waals surface area (Å²) in [5, 5.41) is 11.8. The minimum absolute atomic E-state index is 0.103. The monoisotopic (exact) mass is 530 g/mol. The van der Waals surface area contributed by atoms with Crippen LogP contribution in [0.2, 0.25) is 10.0 Å². The molecule has 10 heteroatoms. The van der Waals surface area contributed by atoms with E-state index < -0.39 is 23.7 Å². The average Bonchev–Trinajstić information content (AvgIpc) is 3.31. The number of Topliss-reactive ketones (excluding diaryl/α,β-unsaturated/α-hetero) is 1. The minimum Gasteiger partial charge on any atom is -0.507 e. The molecule has 2 heterocycles. The minimum atomic E-state index is -1.10. The summed E-state index contributed by atoms with van der Waals surface area (Å²) in [5.41, 5.74) is 1.91. The molecule has 180 valence electrons. The van der Waals surface area contributed by atoms with Crippen LogP contribution in [0.4, 0.5) is 5.13 Å². The van der Waals surface area contributed by atoms with Crippen LogP contribution in [0.3, 0.4) is 0 Å². The van der Waals surface area contributed by atoms with E-state index in [1.54, 1.807) is 50.2 Å². The Balaban J connectivity index is 1.94. The smallest absolute Gasteiger partial charge is 0.350 e. The first-order valence-electron chi connectivity index (χ1n) is 10.6. The number of aromatic nitrogens is 1. The lowest BCUT2D eigenvalue weighted by Crippen LogP contribution is -2.29. The zero-order valence-electron chi connectivity index (χ0n) is 19.0. The average molecular weight is 531 g/mol. The van der Waals surface area contributed by atoms with Crippen LogP contribution in [0.25, 0.3) is 5.76 Å². The molecule has 0 aliphatic carbocycles. The van der Waals surface area contributed by atoms with Crippen LogP contribution in [0.1, 0.15) is 45.0 Å². The van der Waals surface area contributed by atoms with Crippen LogP contribution in [-0.2, 0) is 14.3 Å². The highest BCUT2D eigenvalue weighted by Gasteiger charge is 2.49. The number of aliphatic hydroxyl groups excluding tert-OH is 1. The molecule has 0 radical (unpaired) electrons. The van der Waals surface area contributed by atoms with Crippen molar-refractivity contribution in [1.82, 2.24) is 4.98 Å². The van der Waals surface area contributed by atoms with Crippen molar-refractivity contribution in [3.8, 4) is 0 Å². The first-order chi connectivity index (χ1) is 16.6. The lowest BCUT2D eigenvalue weighted by molar-refractivity contribution is -0.132. The summed E-state index contributed by atoms with van der Waals surface area (Å²) in [6.45, 7) is 5.36. The number of thiazole rings is 1. The highest BCUT2D eigenvalue weighted by atomic mass is 35.5. The molecule has 1 N–H and O–H groups in total. The molecule has 1 fully saturated rings. The third kappa shape index (κ3) is 4.57. The highest BCUT2D eigenvalue weighted by Crippen LogP contribution is 2.46. The van der Waals surface area contributed by atoms with Gasteiger partial charge < -0.3 is 9.84 Å². The van der Waals surface area contributed by atoms with Gasteiger partial charge in [-0.25, -0.2) is 9.78 Å². The maximum Gasteiger partial charge on any atom is 0.350 e. The molecular formula is C25H20Cl2N2O5S. The number of carbonyl (C=O) groups is 3. The molecule has 35 heavy (non-hydrogen) atoms. The molecule has 1 saturated heterocycles. The van der Waals surface area contributed by atoms with Gasteiger partial charge in [0.15, 0.2) is 5.13 Å². The van der Waals surface area contributed by atoms with Gasteiger partial charge in [-0.3, -0.25) is 14.5 Å². The molecule has 4 rings (SSSR count). The van der Waals surface area contributed by atoms with Gasteiger partial charge in [-0.05, 0) is 38.5 Å². The third-order valence-electron chi connectivity index (χ3n) is 5.48. The number of hydrogen-bond acceptors (Lipinski definition) is 7. The normalized spacial score (nSPS) is 17.2. The number of benzene rings is 2. The molecular weight excluding hydrogens is 511 g/mol. The third-order valence-corrected chi connectivity index (χ3v) is 7.18. The van der Waals surface area contributed by atoms with E-state index in [0.29, 0.717) is 21.8 Å². The second-order valence-electron chi connectivity index (χ2n) is 7.83. The van der Waals surface area contributed by atoms with Crippen LogP contribution in [0, 0.1) is 13.8 Å². The molecule has 1 aliphatic rings. The van der Waals surface area contributed by atoms with E-state index in [4.69, 9.17) is 27.9 Å². The number of hydrogen-bond donors (Lipinski definition) is 1. The van der Waals surface area contributed by atoms with Crippen molar-refractivity contribution in [2.75, 3.05) is 11.5 Å². The van der Waals surface area contributed by atoms with Crippen LogP contribution in [0.15, 0.2) is 48.0 Å². The second kappa shape index (κ2) is 9.81. The van der Waals surface area contributed by atoms with Crippen molar-refractivity contribution in [3.05, 3.63) is 85.3 Å². The first-order valence-corrected chi connectivity index (χ1v) is 12.2. The van der Waals surface area contributed by atoms with E-state index in [2.05, 4.69) is 4.98 Å². The van der Waals surface area contributed by atoms with Gasteiger partial charge in [-0.15, -0.1) is 0 Å². The summed E-state index contributed by atoms with van der Waals surface area (Å²) in [6.07, 6.45) is 0. The summed E-state index contributed by atoms with van der Waals surface area (Å²) in [6, 6.07) is 10.4. The first kappa shape index (κ1) is 24.9. The molecule has 3 aromatic rings. The summed E-state index contributed by atoms with van der Waals surface area (Å²) in [7, 11) is 0. The number of ketones is 1. The standard InChI is InChI=1S/C25H20Cl2N2O5S/c1-4-34-24(33)22-13(3)28-25(35-22)29-19(16-10-9-15(26)11-17(16)27)18(21(31)23(29)32)20(30)14-7-5-12(2)6-8-14/h5-11,19,30H,4H2,1-3H3/t19-/m0/s1.